The van der Waals surface area contributed by atoms with Crippen LogP contribution in [0.15, 0.2) is 18.2 Å². The molecule has 2 heterocycles. The van der Waals surface area contributed by atoms with E-state index in [2.05, 4.69) is 4.90 Å². The SMILES string of the molecule is NCC1COCCN1c1ccc2c(c1)OCO2. The Morgan fingerprint density at radius 2 is 2.18 bits per heavy atom. The summed E-state index contributed by atoms with van der Waals surface area (Å²) in [6.45, 7) is 3.19. The van der Waals surface area contributed by atoms with Crippen LogP contribution in [0.4, 0.5) is 5.69 Å². The Hall–Kier alpha value is -1.46. The summed E-state index contributed by atoms with van der Waals surface area (Å²) in [6.07, 6.45) is 0. The number of hydrogen-bond acceptors (Lipinski definition) is 5. The normalized spacial score (nSPS) is 22.9. The summed E-state index contributed by atoms with van der Waals surface area (Å²) >= 11 is 0. The molecule has 1 aromatic carbocycles. The lowest BCUT2D eigenvalue weighted by Crippen LogP contribution is -2.49. The zero-order valence-electron chi connectivity index (χ0n) is 9.59. The minimum atomic E-state index is 0.240. The van der Waals surface area contributed by atoms with Gasteiger partial charge in [-0.05, 0) is 12.1 Å². The smallest absolute Gasteiger partial charge is 0.231 e. The van der Waals surface area contributed by atoms with E-state index in [0.717, 1.165) is 30.3 Å². The maximum Gasteiger partial charge on any atom is 0.231 e. The van der Waals surface area contributed by atoms with Gasteiger partial charge in [0.2, 0.25) is 6.79 Å². The molecule has 1 unspecified atom stereocenters. The van der Waals surface area contributed by atoms with Crippen LogP contribution in [-0.2, 0) is 4.74 Å². The molecule has 1 saturated heterocycles. The first-order valence-electron chi connectivity index (χ1n) is 5.82. The van der Waals surface area contributed by atoms with Gasteiger partial charge in [0, 0.05) is 24.8 Å². The highest BCUT2D eigenvalue weighted by atomic mass is 16.7. The van der Waals surface area contributed by atoms with Gasteiger partial charge in [-0.3, -0.25) is 0 Å². The molecule has 3 rings (SSSR count). The molecule has 0 aromatic heterocycles. The standard InChI is InChI=1S/C12H16N2O3/c13-6-10-7-15-4-3-14(10)9-1-2-11-12(5-9)17-8-16-11/h1-2,5,10H,3-4,6-8,13H2. The molecule has 92 valence electrons. The first-order valence-corrected chi connectivity index (χ1v) is 5.82. The van der Waals surface area contributed by atoms with Gasteiger partial charge in [0.15, 0.2) is 11.5 Å². The molecule has 5 nitrogen and oxygen atoms in total. The van der Waals surface area contributed by atoms with E-state index in [0.29, 0.717) is 19.9 Å². The van der Waals surface area contributed by atoms with Crippen LogP contribution in [0.2, 0.25) is 0 Å². The molecule has 1 fully saturated rings. The van der Waals surface area contributed by atoms with Crippen LogP contribution in [0, 0.1) is 0 Å². The average molecular weight is 236 g/mol. The van der Waals surface area contributed by atoms with Crippen molar-refractivity contribution < 1.29 is 14.2 Å². The van der Waals surface area contributed by atoms with E-state index >= 15 is 0 Å². The van der Waals surface area contributed by atoms with Crippen molar-refractivity contribution >= 4 is 5.69 Å². The molecule has 0 bridgehead atoms. The fourth-order valence-corrected chi connectivity index (χ4v) is 2.25. The molecule has 2 aliphatic heterocycles. The van der Waals surface area contributed by atoms with Gasteiger partial charge >= 0.3 is 0 Å². The summed E-state index contributed by atoms with van der Waals surface area (Å²) in [5.41, 5.74) is 6.88. The highest BCUT2D eigenvalue weighted by Crippen LogP contribution is 2.36. The molecule has 0 saturated carbocycles. The van der Waals surface area contributed by atoms with Gasteiger partial charge in [-0.15, -0.1) is 0 Å². The first-order chi connectivity index (χ1) is 8.38. The molecule has 0 aliphatic carbocycles. The molecule has 0 amide bonds. The Kier molecular flexibility index (Phi) is 2.78. The summed E-state index contributed by atoms with van der Waals surface area (Å²) in [5, 5.41) is 0. The lowest BCUT2D eigenvalue weighted by atomic mass is 10.1. The number of nitrogens with two attached hydrogens (primary N) is 1. The predicted octanol–water partition coefficient (Wildman–Crippen LogP) is 0.579. The molecule has 2 N–H and O–H groups in total. The van der Waals surface area contributed by atoms with Crippen molar-refractivity contribution in [1.82, 2.24) is 0 Å². The third kappa shape index (κ3) is 1.92. The number of anilines is 1. The minimum Gasteiger partial charge on any atom is -0.454 e. The lowest BCUT2D eigenvalue weighted by molar-refractivity contribution is 0.0962. The number of rotatable bonds is 2. The molecular weight excluding hydrogens is 220 g/mol. The Bertz CT molecular complexity index is 411. The number of hydrogen-bond donors (Lipinski definition) is 1. The second-order valence-corrected chi connectivity index (χ2v) is 4.20. The monoisotopic (exact) mass is 236 g/mol. The Morgan fingerprint density at radius 1 is 1.29 bits per heavy atom. The van der Waals surface area contributed by atoms with Gasteiger partial charge in [0.25, 0.3) is 0 Å². The largest absolute Gasteiger partial charge is 0.454 e. The van der Waals surface area contributed by atoms with E-state index in [9.17, 15) is 0 Å². The Labute approximate surface area is 100 Å². The quantitative estimate of drug-likeness (QED) is 0.814. The topological polar surface area (TPSA) is 57.0 Å². The van der Waals surface area contributed by atoms with E-state index in [1.54, 1.807) is 0 Å². The first kappa shape index (κ1) is 10.7. The fourth-order valence-electron chi connectivity index (χ4n) is 2.25. The van der Waals surface area contributed by atoms with Crippen molar-refractivity contribution in [3.8, 4) is 11.5 Å². The van der Waals surface area contributed by atoms with Crippen LogP contribution in [0.3, 0.4) is 0 Å². The molecule has 0 radical (unpaired) electrons. The Morgan fingerprint density at radius 3 is 3.06 bits per heavy atom. The predicted molar refractivity (Wildman–Crippen MR) is 63.6 cm³/mol. The van der Waals surface area contributed by atoms with Gasteiger partial charge in [0.05, 0.1) is 19.3 Å². The summed E-state index contributed by atoms with van der Waals surface area (Å²) in [5.74, 6) is 1.62. The zero-order valence-corrected chi connectivity index (χ0v) is 9.59. The van der Waals surface area contributed by atoms with Crippen LogP contribution in [0.1, 0.15) is 0 Å². The fraction of sp³-hybridized carbons (Fsp3) is 0.500. The van der Waals surface area contributed by atoms with Crippen molar-refractivity contribution in [2.24, 2.45) is 5.73 Å². The molecule has 0 spiro atoms. The van der Waals surface area contributed by atoms with E-state index in [1.165, 1.54) is 0 Å². The van der Waals surface area contributed by atoms with E-state index in [-0.39, 0.29) is 6.04 Å². The third-order valence-electron chi connectivity index (χ3n) is 3.19. The van der Waals surface area contributed by atoms with Crippen molar-refractivity contribution in [2.45, 2.75) is 6.04 Å². The van der Waals surface area contributed by atoms with Crippen LogP contribution >= 0.6 is 0 Å². The number of benzene rings is 1. The molecule has 5 heteroatoms. The van der Waals surface area contributed by atoms with Crippen LogP contribution in [0.25, 0.3) is 0 Å². The van der Waals surface area contributed by atoms with Gasteiger partial charge in [-0.25, -0.2) is 0 Å². The van der Waals surface area contributed by atoms with Crippen molar-refractivity contribution in [1.29, 1.82) is 0 Å². The van der Waals surface area contributed by atoms with Crippen LogP contribution in [-0.4, -0.2) is 39.1 Å². The zero-order chi connectivity index (χ0) is 11.7. The summed E-state index contributed by atoms with van der Waals surface area (Å²) in [4.78, 5) is 2.27. The van der Waals surface area contributed by atoms with Crippen LogP contribution in [0.5, 0.6) is 11.5 Å². The molecular formula is C12H16N2O3. The number of fused-ring (bicyclic) bond motifs is 1. The second-order valence-electron chi connectivity index (χ2n) is 4.20. The second kappa shape index (κ2) is 4.43. The number of nitrogens with zero attached hydrogens (tertiary/aromatic N) is 1. The van der Waals surface area contributed by atoms with Gasteiger partial charge < -0.3 is 24.8 Å². The van der Waals surface area contributed by atoms with Gasteiger partial charge in [-0.2, -0.15) is 0 Å². The third-order valence-corrected chi connectivity index (χ3v) is 3.19. The van der Waals surface area contributed by atoms with Gasteiger partial charge in [0.1, 0.15) is 0 Å². The maximum absolute atomic E-state index is 5.77. The summed E-state index contributed by atoms with van der Waals surface area (Å²) < 4.78 is 16.1. The average Bonchev–Trinajstić information content (AvgIpc) is 2.85. The molecule has 1 atom stereocenters. The molecule has 17 heavy (non-hydrogen) atoms. The molecule has 2 aliphatic rings. The minimum absolute atomic E-state index is 0.240. The van der Waals surface area contributed by atoms with Crippen LogP contribution < -0.4 is 20.1 Å². The van der Waals surface area contributed by atoms with Crippen molar-refractivity contribution in [2.75, 3.05) is 38.0 Å². The molecule has 1 aromatic rings. The van der Waals surface area contributed by atoms with E-state index in [1.807, 2.05) is 18.2 Å². The summed E-state index contributed by atoms with van der Waals surface area (Å²) in [7, 11) is 0. The Balaban J connectivity index is 1.87. The highest BCUT2D eigenvalue weighted by molar-refractivity contribution is 5.58. The van der Waals surface area contributed by atoms with Crippen molar-refractivity contribution in [3.63, 3.8) is 0 Å². The maximum atomic E-state index is 5.77. The van der Waals surface area contributed by atoms with Crippen molar-refractivity contribution in [3.05, 3.63) is 18.2 Å². The number of morpholine rings is 1. The van der Waals surface area contributed by atoms with E-state index in [4.69, 9.17) is 19.9 Å². The van der Waals surface area contributed by atoms with Gasteiger partial charge in [-0.1, -0.05) is 0 Å². The number of ether oxygens (including phenoxy) is 3. The highest BCUT2D eigenvalue weighted by Gasteiger charge is 2.23. The summed E-state index contributed by atoms with van der Waals surface area (Å²) in [6, 6.07) is 6.24. The van der Waals surface area contributed by atoms with E-state index < -0.39 is 0 Å². The lowest BCUT2D eigenvalue weighted by Gasteiger charge is -2.36.